The number of rotatable bonds is 7. The van der Waals surface area contributed by atoms with Crippen molar-refractivity contribution in [3.05, 3.63) is 29.8 Å². The molecule has 0 aliphatic heterocycles. The Balaban J connectivity index is 1.81. The fourth-order valence-electron chi connectivity index (χ4n) is 3.08. The zero-order valence-electron chi connectivity index (χ0n) is 14.4. The number of hydrogen-bond acceptors (Lipinski definition) is 3. The lowest BCUT2D eigenvalue weighted by Crippen LogP contribution is -2.51. The predicted molar refractivity (Wildman–Crippen MR) is 93.3 cm³/mol. The van der Waals surface area contributed by atoms with Gasteiger partial charge in [-0.15, -0.1) is 0 Å². The first-order chi connectivity index (χ1) is 11.0. The van der Waals surface area contributed by atoms with E-state index in [1.165, 1.54) is 19.3 Å². The van der Waals surface area contributed by atoms with Gasteiger partial charge in [0.05, 0.1) is 11.6 Å². The molecule has 0 saturated heterocycles. The second-order valence-corrected chi connectivity index (χ2v) is 6.87. The number of benzene rings is 1. The van der Waals surface area contributed by atoms with Crippen molar-refractivity contribution in [2.45, 2.75) is 77.0 Å². The van der Waals surface area contributed by atoms with Gasteiger partial charge in [0.1, 0.15) is 5.75 Å². The molecule has 4 heteroatoms. The molecule has 128 valence electrons. The topological polar surface area (TPSA) is 64.4 Å². The Labute approximate surface area is 139 Å². The smallest absolute Gasteiger partial charge is 0.240 e. The van der Waals surface area contributed by atoms with Gasteiger partial charge in [-0.05, 0) is 56.7 Å². The van der Waals surface area contributed by atoms with Gasteiger partial charge in [0, 0.05) is 6.54 Å². The molecule has 0 aromatic heterocycles. The van der Waals surface area contributed by atoms with Crippen LogP contribution in [0.25, 0.3) is 0 Å². The second kappa shape index (κ2) is 8.34. The van der Waals surface area contributed by atoms with Crippen molar-refractivity contribution < 1.29 is 9.53 Å². The quantitative estimate of drug-likeness (QED) is 0.808. The van der Waals surface area contributed by atoms with Gasteiger partial charge in [-0.1, -0.05) is 31.9 Å². The predicted octanol–water partition coefficient (Wildman–Crippen LogP) is 3.53. The van der Waals surface area contributed by atoms with Gasteiger partial charge in [0.2, 0.25) is 5.91 Å². The molecule has 2 rings (SSSR count). The Morgan fingerprint density at radius 2 is 1.91 bits per heavy atom. The van der Waals surface area contributed by atoms with Gasteiger partial charge in [-0.2, -0.15) is 0 Å². The van der Waals surface area contributed by atoms with E-state index in [-0.39, 0.29) is 5.91 Å². The maximum Gasteiger partial charge on any atom is 0.240 e. The summed E-state index contributed by atoms with van der Waals surface area (Å²) in [5.41, 5.74) is 6.30. The first-order valence-corrected chi connectivity index (χ1v) is 8.84. The molecule has 1 fully saturated rings. The molecule has 3 N–H and O–H groups in total. The van der Waals surface area contributed by atoms with E-state index in [0.29, 0.717) is 19.1 Å². The number of nitrogens with one attached hydrogen (secondary N) is 1. The highest BCUT2D eigenvalue weighted by molar-refractivity contribution is 5.85. The molecular weight excluding hydrogens is 288 g/mol. The Hall–Kier alpha value is -1.55. The summed E-state index contributed by atoms with van der Waals surface area (Å²) in [6, 6.07) is 7.99. The number of hydrogen-bond donors (Lipinski definition) is 2. The van der Waals surface area contributed by atoms with Crippen LogP contribution in [0.15, 0.2) is 24.3 Å². The monoisotopic (exact) mass is 318 g/mol. The average Bonchev–Trinajstić information content (AvgIpc) is 2.55. The first kappa shape index (κ1) is 17.8. The summed E-state index contributed by atoms with van der Waals surface area (Å²) in [5.74, 6) is 0.823. The van der Waals surface area contributed by atoms with E-state index >= 15 is 0 Å². The highest BCUT2D eigenvalue weighted by Gasteiger charge is 2.26. The van der Waals surface area contributed by atoms with Crippen LogP contribution in [0.3, 0.4) is 0 Å². The highest BCUT2D eigenvalue weighted by atomic mass is 16.5. The van der Waals surface area contributed by atoms with Crippen molar-refractivity contribution >= 4 is 5.91 Å². The van der Waals surface area contributed by atoms with Gasteiger partial charge in [0.25, 0.3) is 0 Å². The lowest BCUT2D eigenvalue weighted by molar-refractivity contribution is -0.126. The van der Waals surface area contributed by atoms with Crippen molar-refractivity contribution in [3.8, 4) is 5.75 Å². The maximum atomic E-state index is 12.1. The van der Waals surface area contributed by atoms with Gasteiger partial charge < -0.3 is 15.8 Å². The summed E-state index contributed by atoms with van der Waals surface area (Å²) in [6.07, 6.45) is 8.13. The van der Waals surface area contributed by atoms with Crippen LogP contribution in [0, 0.1) is 0 Å². The van der Waals surface area contributed by atoms with Crippen molar-refractivity contribution in [2.24, 2.45) is 5.73 Å². The Morgan fingerprint density at radius 1 is 1.26 bits per heavy atom. The number of ether oxygens (including phenoxy) is 1. The lowest BCUT2D eigenvalue weighted by Gasteiger charge is -2.23. The molecule has 1 aliphatic rings. The molecule has 1 unspecified atom stereocenters. The minimum absolute atomic E-state index is 0.0955. The summed E-state index contributed by atoms with van der Waals surface area (Å²) >= 11 is 0. The Morgan fingerprint density at radius 3 is 2.52 bits per heavy atom. The fraction of sp³-hybridized carbons (Fsp3) is 0.632. The summed E-state index contributed by atoms with van der Waals surface area (Å²) in [6.45, 7) is 4.31. The van der Waals surface area contributed by atoms with Crippen LogP contribution in [0.2, 0.25) is 0 Å². The van der Waals surface area contributed by atoms with Crippen molar-refractivity contribution in [1.82, 2.24) is 5.32 Å². The van der Waals surface area contributed by atoms with Crippen LogP contribution in [0.4, 0.5) is 0 Å². The van der Waals surface area contributed by atoms with Crippen LogP contribution < -0.4 is 15.8 Å². The number of carbonyl (C=O) groups is 1. The van der Waals surface area contributed by atoms with Crippen molar-refractivity contribution in [2.75, 3.05) is 0 Å². The molecule has 0 heterocycles. The third-order valence-electron chi connectivity index (χ3n) is 4.52. The van der Waals surface area contributed by atoms with Gasteiger partial charge in [-0.25, -0.2) is 0 Å². The summed E-state index contributed by atoms with van der Waals surface area (Å²) in [7, 11) is 0. The van der Waals surface area contributed by atoms with Crippen molar-refractivity contribution in [3.63, 3.8) is 0 Å². The molecule has 0 radical (unpaired) electrons. The Bertz CT molecular complexity index is 491. The third kappa shape index (κ3) is 5.54. The van der Waals surface area contributed by atoms with Gasteiger partial charge >= 0.3 is 0 Å². The summed E-state index contributed by atoms with van der Waals surface area (Å²) < 4.78 is 6.01. The van der Waals surface area contributed by atoms with Crippen LogP contribution in [0.1, 0.15) is 64.4 Å². The second-order valence-electron chi connectivity index (χ2n) is 6.87. The van der Waals surface area contributed by atoms with E-state index in [4.69, 9.17) is 10.5 Å². The van der Waals surface area contributed by atoms with E-state index in [2.05, 4.69) is 5.32 Å². The normalized spacial score (nSPS) is 18.2. The molecule has 0 spiro atoms. The van der Waals surface area contributed by atoms with E-state index in [1.807, 2.05) is 31.2 Å². The SMILES string of the molecule is CCCC(C)(N)C(=O)NCc1ccc(OC2CCCCC2)cc1. The maximum absolute atomic E-state index is 12.1. The summed E-state index contributed by atoms with van der Waals surface area (Å²) in [5, 5.41) is 2.92. The number of nitrogens with two attached hydrogens (primary N) is 1. The van der Waals surface area contributed by atoms with Crippen LogP contribution >= 0.6 is 0 Å². The van der Waals surface area contributed by atoms with Crippen LogP contribution in [-0.4, -0.2) is 17.6 Å². The molecule has 1 aromatic rings. The molecule has 1 aliphatic carbocycles. The molecule has 1 atom stereocenters. The standard InChI is InChI=1S/C19H30N2O2/c1-3-13-19(2,20)18(22)21-14-15-9-11-17(12-10-15)23-16-7-5-4-6-8-16/h9-12,16H,3-8,13-14,20H2,1-2H3,(H,21,22). The molecule has 1 amide bonds. The Kier molecular flexibility index (Phi) is 6.46. The third-order valence-corrected chi connectivity index (χ3v) is 4.52. The van der Waals surface area contributed by atoms with E-state index in [0.717, 1.165) is 30.6 Å². The zero-order valence-corrected chi connectivity index (χ0v) is 14.4. The largest absolute Gasteiger partial charge is 0.490 e. The molecule has 4 nitrogen and oxygen atoms in total. The minimum Gasteiger partial charge on any atom is -0.490 e. The van der Waals surface area contributed by atoms with E-state index in [9.17, 15) is 4.79 Å². The molecule has 23 heavy (non-hydrogen) atoms. The average molecular weight is 318 g/mol. The number of carbonyl (C=O) groups excluding carboxylic acids is 1. The van der Waals surface area contributed by atoms with E-state index in [1.54, 1.807) is 6.92 Å². The first-order valence-electron chi connectivity index (χ1n) is 8.84. The lowest BCUT2D eigenvalue weighted by atomic mass is 9.96. The summed E-state index contributed by atoms with van der Waals surface area (Å²) in [4.78, 5) is 12.1. The fourth-order valence-corrected chi connectivity index (χ4v) is 3.08. The minimum atomic E-state index is -0.793. The van der Waals surface area contributed by atoms with Crippen LogP contribution in [-0.2, 0) is 11.3 Å². The van der Waals surface area contributed by atoms with Crippen LogP contribution in [0.5, 0.6) is 5.75 Å². The number of amides is 1. The molecular formula is C19H30N2O2. The van der Waals surface area contributed by atoms with Gasteiger partial charge in [0.15, 0.2) is 0 Å². The van der Waals surface area contributed by atoms with E-state index < -0.39 is 5.54 Å². The molecule has 1 saturated carbocycles. The molecule has 0 bridgehead atoms. The highest BCUT2D eigenvalue weighted by Crippen LogP contribution is 2.23. The van der Waals surface area contributed by atoms with Crippen molar-refractivity contribution in [1.29, 1.82) is 0 Å². The zero-order chi connectivity index (χ0) is 16.7. The molecule has 1 aromatic carbocycles. The van der Waals surface area contributed by atoms with Gasteiger partial charge in [-0.3, -0.25) is 4.79 Å².